The van der Waals surface area contributed by atoms with E-state index < -0.39 is 5.79 Å². The number of unbranched alkanes of at least 4 members (excludes halogenated alkanes) is 5. The predicted molar refractivity (Wildman–Crippen MR) is 127 cm³/mol. The maximum atomic E-state index is 12.4. The minimum atomic E-state index is -0.448. The molecule has 1 aliphatic heterocycles. The van der Waals surface area contributed by atoms with Gasteiger partial charge in [-0.05, 0) is 57.9 Å². The fraction of sp³-hybridized carbons (Fsp3) is 0.778. The molecule has 1 heterocycles. The minimum absolute atomic E-state index is 0.0140. The van der Waals surface area contributed by atoms with Crippen molar-refractivity contribution in [1.29, 1.82) is 0 Å². The molecule has 0 aromatic rings. The number of hydrogen-bond acceptors (Lipinski definition) is 5. The Morgan fingerprint density at radius 2 is 1.88 bits per heavy atom. The maximum absolute atomic E-state index is 12.4. The Kier molecular flexibility index (Phi) is 12.3. The highest BCUT2D eigenvalue weighted by Crippen LogP contribution is 2.36. The molecule has 0 amide bonds. The predicted octanol–water partition coefficient (Wildman–Crippen LogP) is 6.31. The zero-order valence-corrected chi connectivity index (χ0v) is 20.5. The van der Waals surface area contributed by atoms with Crippen molar-refractivity contribution in [1.82, 2.24) is 0 Å². The molecule has 2 aliphatic rings. The molecule has 0 saturated carbocycles. The number of hydrogen-bond donors (Lipinski definition) is 0. The van der Waals surface area contributed by atoms with Crippen LogP contribution in [0, 0.1) is 11.8 Å². The lowest BCUT2D eigenvalue weighted by Crippen LogP contribution is -2.31. The number of carbonyl (C=O) groups excluding carboxylic acids is 2. The van der Waals surface area contributed by atoms with Gasteiger partial charge < -0.3 is 14.2 Å². The average molecular weight is 449 g/mol. The third-order valence-electron chi connectivity index (χ3n) is 6.40. The van der Waals surface area contributed by atoms with Crippen molar-refractivity contribution < 1.29 is 23.8 Å². The van der Waals surface area contributed by atoms with Crippen LogP contribution in [0.4, 0.5) is 0 Å². The van der Waals surface area contributed by atoms with Crippen molar-refractivity contribution in [2.24, 2.45) is 11.8 Å². The van der Waals surface area contributed by atoms with Gasteiger partial charge in [-0.25, -0.2) is 0 Å². The largest absolute Gasteiger partial charge is 0.463 e. The Balaban J connectivity index is 1.73. The lowest BCUT2D eigenvalue weighted by Gasteiger charge is -2.29. The molecule has 0 N–H and O–H groups in total. The van der Waals surface area contributed by atoms with Crippen LogP contribution in [-0.4, -0.2) is 36.9 Å². The molecule has 182 valence electrons. The van der Waals surface area contributed by atoms with E-state index in [0.29, 0.717) is 19.6 Å². The molecule has 0 spiro atoms. The van der Waals surface area contributed by atoms with Gasteiger partial charge in [-0.3, -0.25) is 9.59 Å². The van der Waals surface area contributed by atoms with Gasteiger partial charge in [0, 0.05) is 25.2 Å². The van der Waals surface area contributed by atoms with E-state index in [1.807, 2.05) is 13.8 Å². The molecule has 0 radical (unpaired) electrons. The zero-order valence-electron chi connectivity index (χ0n) is 20.5. The Hall–Kier alpha value is -1.46. The van der Waals surface area contributed by atoms with E-state index >= 15 is 0 Å². The fourth-order valence-corrected chi connectivity index (χ4v) is 4.62. The van der Waals surface area contributed by atoms with E-state index in [2.05, 4.69) is 25.2 Å². The highest BCUT2D eigenvalue weighted by Gasteiger charge is 2.38. The second kappa shape index (κ2) is 14.6. The van der Waals surface area contributed by atoms with Crippen LogP contribution in [-0.2, 0) is 23.8 Å². The fourth-order valence-electron chi connectivity index (χ4n) is 4.62. The second-order valence-corrected chi connectivity index (χ2v) is 9.48. The van der Waals surface area contributed by atoms with Gasteiger partial charge in [-0.2, -0.15) is 0 Å². The summed E-state index contributed by atoms with van der Waals surface area (Å²) < 4.78 is 17.3. The summed E-state index contributed by atoms with van der Waals surface area (Å²) in [6.07, 6.45) is 19.6. The summed E-state index contributed by atoms with van der Waals surface area (Å²) in [5.74, 6) is -0.101. The van der Waals surface area contributed by atoms with Gasteiger partial charge in [0.25, 0.3) is 0 Å². The summed E-state index contributed by atoms with van der Waals surface area (Å²) >= 11 is 0. The molecule has 0 bridgehead atoms. The molecule has 32 heavy (non-hydrogen) atoms. The highest BCUT2D eigenvalue weighted by atomic mass is 16.7. The molecule has 2 atom stereocenters. The van der Waals surface area contributed by atoms with Gasteiger partial charge >= 0.3 is 5.97 Å². The van der Waals surface area contributed by atoms with Crippen LogP contribution in [0.3, 0.4) is 0 Å². The lowest BCUT2D eigenvalue weighted by atomic mass is 9.86. The summed E-state index contributed by atoms with van der Waals surface area (Å²) in [6, 6.07) is 0. The lowest BCUT2D eigenvalue weighted by molar-refractivity contribution is -0.170. The van der Waals surface area contributed by atoms with E-state index in [-0.39, 0.29) is 29.7 Å². The van der Waals surface area contributed by atoms with Crippen molar-refractivity contribution >= 4 is 11.8 Å². The first-order valence-corrected chi connectivity index (χ1v) is 12.8. The quantitative estimate of drug-likeness (QED) is 0.157. The van der Waals surface area contributed by atoms with Crippen molar-refractivity contribution in [2.45, 2.75) is 110 Å². The Bertz CT molecular complexity index is 616. The first-order valence-electron chi connectivity index (χ1n) is 12.8. The van der Waals surface area contributed by atoms with Crippen molar-refractivity contribution in [3.63, 3.8) is 0 Å². The standard InChI is InChI=1S/C27H44O5/c1-4-5-6-9-12-18-27(30-20-21-31-27)19-17-23-15-16-25(28)24(23)13-10-7-8-11-14-26(29)32-22(2)3/h7,10,15-16,22-24H,4-6,8-9,11-14,17-21H2,1-3H3/b10-7-/t23-,24-/m1/s1. The Morgan fingerprint density at radius 1 is 1.12 bits per heavy atom. The van der Waals surface area contributed by atoms with Gasteiger partial charge in [0.1, 0.15) is 0 Å². The molecule has 0 aromatic heterocycles. The van der Waals surface area contributed by atoms with E-state index in [1.54, 1.807) is 6.08 Å². The van der Waals surface area contributed by atoms with Gasteiger partial charge in [0.05, 0.1) is 19.3 Å². The highest BCUT2D eigenvalue weighted by molar-refractivity contribution is 5.94. The average Bonchev–Trinajstić information content (AvgIpc) is 3.36. The third kappa shape index (κ3) is 9.58. The molecule has 5 nitrogen and oxygen atoms in total. The van der Waals surface area contributed by atoms with E-state index in [0.717, 1.165) is 44.9 Å². The molecular weight excluding hydrogens is 404 g/mol. The van der Waals surface area contributed by atoms with Gasteiger partial charge in [0.2, 0.25) is 0 Å². The number of carbonyl (C=O) groups is 2. The summed E-state index contributed by atoms with van der Waals surface area (Å²) in [5.41, 5.74) is 0. The molecule has 1 fully saturated rings. The Labute approximate surface area is 195 Å². The van der Waals surface area contributed by atoms with E-state index in [4.69, 9.17) is 14.2 Å². The normalized spacial score (nSPS) is 22.4. The van der Waals surface area contributed by atoms with Crippen LogP contribution in [0.1, 0.15) is 97.8 Å². The van der Waals surface area contributed by atoms with Crippen LogP contribution >= 0.6 is 0 Å². The first kappa shape index (κ1) is 26.8. The smallest absolute Gasteiger partial charge is 0.306 e. The van der Waals surface area contributed by atoms with Gasteiger partial charge in [-0.15, -0.1) is 0 Å². The summed E-state index contributed by atoms with van der Waals surface area (Å²) in [7, 11) is 0. The van der Waals surface area contributed by atoms with Crippen LogP contribution in [0.5, 0.6) is 0 Å². The van der Waals surface area contributed by atoms with Crippen molar-refractivity contribution in [2.75, 3.05) is 13.2 Å². The molecule has 0 aromatic carbocycles. The molecule has 1 aliphatic carbocycles. The summed E-state index contributed by atoms with van der Waals surface area (Å²) in [6.45, 7) is 7.30. The Morgan fingerprint density at radius 3 is 2.59 bits per heavy atom. The number of rotatable bonds is 16. The van der Waals surface area contributed by atoms with E-state index in [9.17, 15) is 9.59 Å². The first-order chi connectivity index (χ1) is 15.5. The van der Waals surface area contributed by atoms with Crippen molar-refractivity contribution in [3.05, 3.63) is 24.3 Å². The molecular formula is C27H44O5. The van der Waals surface area contributed by atoms with E-state index in [1.165, 1.54) is 25.7 Å². The molecule has 2 rings (SSSR count). The topological polar surface area (TPSA) is 61.8 Å². The monoisotopic (exact) mass is 448 g/mol. The minimum Gasteiger partial charge on any atom is -0.463 e. The summed E-state index contributed by atoms with van der Waals surface area (Å²) in [5, 5.41) is 0. The number of allylic oxidation sites excluding steroid dienone is 4. The zero-order chi connectivity index (χ0) is 23.2. The van der Waals surface area contributed by atoms with Crippen LogP contribution in [0.15, 0.2) is 24.3 Å². The number of ketones is 1. The van der Waals surface area contributed by atoms with Crippen LogP contribution in [0.25, 0.3) is 0 Å². The van der Waals surface area contributed by atoms with Crippen LogP contribution < -0.4 is 0 Å². The number of esters is 1. The third-order valence-corrected chi connectivity index (χ3v) is 6.40. The van der Waals surface area contributed by atoms with Gasteiger partial charge in [0.15, 0.2) is 11.6 Å². The van der Waals surface area contributed by atoms with Gasteiger partial charge in [-0.1, -0.05) is 50.8 Å². The summed E-state index contributed by atoms with van der Waals surface area (Å²) in [4.78, 5) is 24.0. The molecule has 1 saturated heterocycles. The van der Waals surface area contributed by atoms with Crippen molar-refractivity contribution in [3.8, 4) is 0 Å². The van der Waals surface area contributed by atoms with Crippen LogP contribution in [0.2, 0.25) is 0 Å². The second-order valence-electron chi connectivity index (χ2n) is 9.48. The molecule has 0 unspecified atom stereocenters. The maximum Gasteiger partial charge on any atom is 0.306 e. The SMILES string of the molecule is CCCCCCCC1(CC[C@H]2C=CC(=O)[C@@H]2C/C=C\CCCC(=O)OC(C)C)OCCO1. The number of ether oxygens (including phenoxy) is 3. The molecule has 5 heteroatoms.